The highest BCUT2D eigenvalue weighted by Gasteiger charge is 2.31. The lowest BCUT2D eigenvalue weighted by Gasteiger charge is -2.36. The zero-order valence-electron chi connectivity index (χ0n) is 13.8. The number of hydrogen-bond acceptors (Lipinski definition) is 4. The molecule has 0 N–H and O–H groups in total. The number of nitrogens with zero attached hydrogens (tertiary/aromatic N) is 3. The van der Waals surface area contributed by atoms with Gasteiger partial charge in [0.2, 0.25) is 10.0 Å². The van der Waals surface area contributed by atoms with Crippen molar-refractivity contribution in [2.45, 2.75) is 10.9 Å². The first kappa shape index (κ1) is 19.0. The SMILES string of the molecule is N#C[C@H](c1ccc(F)cc1)N1CCN(S(=O)(=O)c2cccc(Br)c2)CC1. The van der Waals surface area contributed by atoms with Crippen molar-refractivity contribution in [1.29, 1.82) is 5.26 Å². The van der Waals surface area contributed by atoms with Crippen LogP contribution in [0.2, 0.25) is 0 Å². The molecule has 0 spiro atoms. The minimum atomic E-state index is -3.57. The standard InChI is InChI=1S/C18H17BrFN3O2S/c19-15-2-1-3-17(12-15)26(24,25)23-10-8-22(9-11-23)18(13-21)14-4-6-16(20)7-5-14/h1-7,12,18H,8-11H2/t18-/m1/s1. The Kier molecular flexibility index (Phi) is 5.73. The molecule has 1 atom stereocenters. The predicted octanol–water partition coefficient (Wildman–Crippen LogP) is 3.16. The summed E-state index contributed by atoms with van der Waals surface area (Å²) in [7, 11) is -3.57. The number of rotatable bonds is 4. The molecular weight excluding hydrogens is 421 g/mol. The van der Waals surface area contributed by atoms with Gasteiger partial charge >= 0.3 is 0 Å². The molecule has 8 heteroatoms. The van der Waals surface area contributed by atoms with Crippen LogP contribution in [0.4, 0.5) is 4.39 Å². The van der Waals surface area contributed by atoms with Crippen LogP contribution in [-0.4, -0.2) is 43.8 Å². The third-order valence-corrected chi connectivity index (χ3v) is 6.77. The van der Waals surface area contributed by atoms with Crippen molar-refractivity contribution >= 4 is 26.0 Å². The Bertz CT molecular complexity index is 920. The van der Waals surface area contributed by atoms with Crippen LogP contribution in [0.25, 0.3) is 0 Å². The van der Waals surface area contributed by atoms with Gasteiger partial charge in [-0.3, -0.25) is 4.90 Å². The summed E-state index contributed by atoms with van der Waals surface area (Å²) in [4.78, 5) is 2.16. The summed E-state index contributed by atoms with van der Waals surface area (Å²) in [5.41, 5.74) is 0.706. The van der Waals surface area contributed by atoms with Gasteiger partial charge in [0.1, 0.15) is 11.9 Å². The highest BCUT2D eigenvalue weighted by atomic mass is 79.9. The molecule has 1 aliphatic heterocycles. The summed E-state index contributed by atoms with van der Waals surface area (Å²) in [6.07, 6.45) is 0. The van der Waals surface area contributed by atoms with E-state index in [-0.39, 0.29) is 10.7 Å². The molecule has 136 valence electrons. The maximum atomic E-state index is 13.1. The average molecular weight is 438 g/mol. The van der Waals surface area contributed by atoms with Gasteiger partial charge in [-0.2, -0.15) is 9.57 Å². The van der Waals surface area contributed by atoms with Crippen molar-refractivity contribution in [3.8, 4) is 6.07 Å². The van der Waals surface area contributed by atoms with Crippen molar-refractivity contribution in [3.63, 3.8) is 0 Å². The largest absolute Gasteiger partial charge is 0.282 e. The highest BCUT2D eigenvalue weighted by molar-refractivity contribution is 9.10. The monoisotopic (exact) mass is 437 g/mol. The van der Waals surface area contributed by atoms with Gasteiger partial charge in [0.15, 0.2) is 0 Å². The van der Waals surface area contributed by atoms with Crippen LogP contribution in [0.1, 0.15) is 11.6 Å². The van der Waals surface area contributed by atoms with Crippen molar-refractivity contribution in [2.75, 3.05) is 26.2 Å². The summed E-state index contributed by atoms with van der Waals surface area (Å²) in [5.74, 6) is -0.352. The average Bonchev–Trinajstić information content (AvgIpc) is 2.64. The lowest BCUT2D eigenvalue weighted by molar-refractivity contribution is 0.162. The van der Waals surface area contributed by atoms with E-state index in [2.05, 4.69) is 22.0 Å². The van der Waals surface area contributed by atoms with E-state index in [4.69, 9.17) is 0 Å². The number of halogens is 2. The van der Waals surface area contributed by atoms with Gasteiger partial charge in [0, 0.05) is 30.7 Å². The fourth-order valence-corrected chi connectivity index (χ4v) is 5.01. The fourth-order valence-electron chi connectivity index (χ4n) is 2.99. The van der Waals surface area contributed by atoms with Gasteiger partial charge in [-0.15, -0.1) is 0 Å². The molecule has 0 aliphatic carbocycles. The zero-order chi connectivity index (χ0) is 18.7. The number of sulfonamides is 1. The Morgan fingerprint density at radius 1 is 1.08 bits per heavy atom. The molecule has 1 saturated heterocycles. The molecule has 5 nitrogen and oxygen atoms in total. The normalized spacial score (nSPS) is 17.6. The maximum absolute atomic E-state index is 13.1. The van der Waals surface area contributed by atoms with Crippen molar-refractivity contribution in [1.82, 2.24) is 9.21 Å². The van der Waals surface area contributed by atoms with Gasteiger partial charge in [-0.05, 0) is 35.9 Å². The van der Waals surface area contributed by atoms with Crippen LogP contribution in [0.15, 0.2) is 57.9 Å². The van der Waals surface area contributed by atoms with Gasteiger partial charge in [-0.25, -0.2) is 12.8 Å². The van der Waals surface area contributed by atoms with E-state index in [0.29, 0.717) is 36.2 Å². The van der Waals surface area contributed by atoms with E-state index >= 15 is 0 Å². The van der Waals surface area contributed by atoms with Crippen molar-refractivity contribution in [2.24, 2.45) is 0 Å². The number of benzene rings is 2. The van der Waals surface area contributed by atoms with Gasteiger partial charge in [-0.1, -0.05) is 34.1 Å². The lowest BCUT2D eigenvalue weighted by Crippen LogP contribution is -2.49. The molecule has 0 aromatic heterocycles. The molecule has 2 aromatic carbocycles. The second-order valence-corrected chi connectivity index (χ2v) is 8.83. The van der Waals surface area contributed by atoms with Gasteiger partial charge in [0.25, 0.3) is 0 Å². The van der Waals surface area contributed by atoms with E-state index in [0.717, 1.165) is 0 Å². The Hall–Kier alpha value is -1.79. The van der Waals surface area contributed by atoms with Crippen LogP contribution in [0, 0.1) is 17.1 Å². The third kappa shape index (κ3) is 3.96. The third-order valence-electron chi connectivity index (χ3n) is 4.38. The van der Waals surface area contributed by atoms with Crippen LogP contribution < -0.4 is 0 Å². The lowest BCUT2D eigenvalue weighted by atomic mass is 10.1. The van der Waals surface area contributed by atoms with Crippen molar-refractivity contribution < 1.29 is 12.8 Å². The molecule has 3 rings (SSSR count). The Morgan fingerprint density at radius 3 is 2.31 bits per heavy atom. The van der Waals surface area contributed by atoms with Crippen LogP contribution in [-0.2, 0) is 10.0 Å². The molecule has 1 fully saturated rings. The van der Waals surface area contributed by atoms with Gasteiger partial charge < -0.3 is 0 Å². The van der Waals surface area contributed by atoms with E-state index in [1.54, 1.807) is 36.4 Å². The highest BCUT2D eigenvalue weighted by Crippen LogP contribution is 2.25. The summed E-state index contributed by atoms with van der Waals surface area (Å²) in [6.45, 7) is 1.47. The Balaban J connectivity index is 1.72. The first-order chi connectivity index (χ1) is 12.4. The molecule has 1 aliphatic rings. The smallest absolute Gasteiger partial charge is 0.243 e. The fraction of sp³-hybridized carbons (Fsp3) is 0.278. The number of nitriles is 1. The summed E-state index contributed by atoms with van der Waals surface area (Å²) < 4.78 is 40.8. The molecule has 2 aromatic rings. The molecule has 26 heavy (non-hydrogen) atoms. The minimum Gasteiger partial charge on any atom is -0.282 e. The summed E-state index contributed by atoms with van der Waals surface area (Å²) >= 11 is 3.29. The summed E-state index contributed by atoms with van der Waals surface area (Å²) in [5, 5.41) is 9.51. The molecule has 0 bridgehead atoms. The predicted molar refractivity (Wildman–Crippen MR) is 99.2 cm³/mol. The van der Waals surface area contributed by atoms with E-state index < -0.39 is 16.1 Å². The molecule has 0 amide bonds. The van der Waals surface area contributed by atoms with Crippen LogP contribution in [0.5, 0.6) is 0 Å². The molecule has 0 radical (unpaired) electrons. The van der Waals surface area contributed by atoms with Crippen LogP contribution >= 0.6 is 15.9 Å². The molecular formula is C18H17BrFN3O2S. The zero-order valence-corrected chi connectivity index (χ0v) is 16.2. The van der Waals surface area contributed by atoms with Crippen LogP contribution in [0.3, 0.4) is 0 Å². The maximum Gasteiger partial charge on any atom is 0.243 e. The van der Waals surface area contributed by atoms with E-state index in [9.17, 15) is 18.1 Å². The summed E-state index contributed by atoms with van der Waals surface area (Å²) in [6, 6.07) is 14.2. The van der Waals surface area contributed by atoms with Gasteiger partial charge in [0.05, 0.1) is 11.0 Å². The van der Waals surface area contributed by atoms with Crippen molar-refractivity contribution in [3.05, 3.63) is 64.4 Å². The topological polar surface area (TPSA) is 64.4 Å². The first-order valence-electron chi connectivity index (χ1n) is 8.06. The second kappa shape index (κ2) is 7.84. The molecule has 0 saturated carbocycles. The van der Waals surface area contributed by atoms with E-state index in [1.807, 2.05) is 4.90 Å². The van der Waals surface area contributed by atoms with E-state index in [1.165, 1.54) is 16.4 Å². The molecule has 0 unspecified atom stereocenters. The second-order valence-electron chi connectivity index (χ2n) is 5.98. The Labute approximate surface area is 160 Å². The quantitative estimate of drug-likeness (QED) is 0.736. The Morgan fingerprint density at radius 2 is 1.73 bits per heavy atom. The minimum absolute atomic E-state index is 0.246. The first-order valence-corrected chi connectivity index (χ1v) is 10.3. The number of piperazine rings is 1. The molecule has 1 heterocycles. The number of hydrogen-bond donors (Lipinski definition) is 0.